The molecule has 5 aliphatic rings. The van der Waals surface area contributed by atoms with Crippen molar-refractivity contribution in [3.05, 3.63) is 30.3 Å². The maximum absolute atomic E-state index is 10.6. The highest BCUT2D eigenvalue weighted by atomic mass is 16.5. The molecule has 1 atom stereocenters. The Bertz CT molecular complexity index is 591. The normalized spacial score (nSPS) is 36.9. The zero-order valence-electron chi connectivity index (χ0n) is 16.4. The van der Waals surface area contributed by atoms with Crippen LogP contribution >= 0.6 is 0 Å². The van der Waals surface area contributed by atoms with Crippen LogP contribution in [0.15, 0.2) is 30.3 Å². The summed E-state index contributed by atoms with van der Waals surface area (Å²) in [5, 5.41) is 10.6. The molecule has 4 nitrogen and oxygen atoms in total. The number of benzene rings is 1. The van der Waals surface area contributed by atoms with Crippen molar-refractivity contribution < 1.29 is 9.84 Å². The molecule has 1 aromatic carbocycles. The average Bonchev–Trinajstić information content (AvgIpc) is 2.67. The number of nitrogens with zero attached hydrogens (tertiary/aromatic N) is 2. The standard InChI is InChI=1S/C23H34N2O2/c26-22(16-24-6-8-25(9-7-24)21-4-2-1-3-5-21)17-27-23-13-18-10-19(14-23)12-20(11-18)15-23/h1-5,18-20,22,26H,6-17H2/t18?,19?,20?,22-,23?/m0/s1. The molecule has 1 saturated heterocycles. The van der Waals surface area contributed by atoms with E-state index < -0.39 is 0 Å². The summed E-state index contributed by atoms with van der Waals surface area (Å²) in [6, 6.07) is 10.6. The van der Waals surface area contributed by atoms with Crippen LogP contribution < -0.4 is 4.90 Å². The van der Waals surface area contributed by atoms with Gasteiger partial charge in [0.2, 0.25) is 0 Å². The van der Waals surface area contributed by atoms with E-state index in [0.29, 0.717) is 6.61 Å². The third-order valence-corrected chi connectivity index (χ3v) is 7.53. The predicted molar refractivity (Wildman–Crippen MR) is 108 cm³/mol. The molecule has 6 rings (SSSR count). The van der Waals surface area contributed by atoms with Crippen molar-refractivity contribution in [1.29, 1.82) is 0 Å². The molecule has 1 N–H and O–H groups in total. The highest BCUT2D eigenvalue weighted by Crippen LogP contribution is 2.57. The van der Waals surface area contributed by atoms with Crippen LogP contribution in [0.5, 0.6) is 0 Å². The molecule has 0 spiro atoms. The third-order valence-electron chi connectivity index (χ3n) is 7.53. The lowest BCUT2D eigenvalue weighted by Crippen LogP contribution is -2.53. The van der Waals surface area contributed by atoms with E-state index in [1.807, 2.05) is 0 Å². The van der Waals surface area contributed by atoms with Gasteiger partial charge in [0, 0.05) is 38.4 Å². The second-order valence-electron chi connectivity index (χ2n) is 9.69. The van der Waals surface area contributed by atoms with E-state index >= 15 is 0 Å². The smallest absolute Gasteiger partial charge is 0.0900 e. The lowest BCUT2D eigenvalue weighted by atomic mass is 9.54. The van der Waals surface area contributed by atoms with E-state index in [0.717, 1.165) is 50.5 Å². The molecular formula is C23H34N2O2. The Morgan fingerprint density at radius 1 is 0.926 bits per heavy atom. The number of ether oxygens (including phenoxy) is 1. The highest BCUT2D eigenvalue weighted by Gasteiger charge is 2.51. The van der Waals surface area contributed by atoms with Crippen molar-refractivity contribution in [2.24, 2.45) is 17.8 Å². The number of rotatable bonds is 6. The van der Waals surface area contributed by atoms with Gasteiger partial charge in [-0.2, -0.15) is 0 Å². The van der Waals surface area contributed by atoms with Crippen molar-refractivity contribution in [1.82, 2.24) is 4.90 Å². The van der Waals surface area contributed by atoms with Crippen molar-refractivity contribution in [2.75, 3.05) is 44.2 Å². The van der Waals surface area contributed by atoms with Crippen LogP contribution in [0.4, 0.5) is 5.69 Å². The second-order valence-corrected chi connectivity index (χ2v) is 9.69. The number of aliphatic hydroxyl groups excluding tert-OH is 1. The molecule has 1 aromatic rings. The number of hydrogen-bond donors (Lipinski definition) is 1. The zero-order valence-corrected chi connectivity index (χ0v) is 16.4. The van der Waals surface area contributed by atoms with Crippen LogP contribution in [0.1, 0.15) is 38.5 Å². The zero-order chi connectivity index (χ0) is 18.3. The number of piperazine rings is 1. The lowest BCUT2D eigenvalue weighted by Gasteiger charge is -2.56. The maximum Gasteiger partial charge on any atom is 0.0900 e. The Labute approximate surface area is 163 Å². The van der Waals surface area contributed by atoms with Crippen molar-refractivity contribution in [2.45, 2.75) is 50.2 Å². The number of aliphatic hydroxyl groups is 1. The van der Waals surface area contributed by atoms with Gasteiger partial charge in [-0.1, -0.05) is 18.2 Å². The largest absolute Gasteiger partial charge is 0.389 e. The minimum Gasteiger partial charge on any atom is -0.389 e. The predicted octanol–water partition coefficient (Wildman–Crippen LogP) is 3.15. The molecule has 5 fully saturated rings. The van der Waals surface area contributed by atoms with Crippen molar-refractivity contribution >= 4 is 5.69 Å². The van der Waals surface area contributed by atoms with Crippen molar-refractivity contribution in [3.8, 4) is 0 Å². The summed E-state index contributed by atoms with van der Waals surface area (Å²) < 4.78 is 6.45. The van der Waals surface area contributed by atoms with Crippen LogP contribution in [0.25, 0.3) is 0 Å². The SMILES string of the molecule is O[C@H](COC12CC3CC(CC(C3)C1)C2)CN1CCN(c2ccccc2)CC1. The van der Waals surface area contributed by atoms with Gasteiger partial charge in [0.05, 0.1) is 18.3 Å². The number of anilines is 1. The first-order valence-electron chi connectivity index (χ1n) is 11.0. The molecule has 4 saturated carbocycles. The number of β-amino-alcohol motifs (C(OH)–C–C–N with tert-alkyl or cyclic N) is 1. The minimum atomic E-state index is -0.360. The van der Waals surface area contributed by atoms with Crippen LogP contribution in [0, 0.1) is 17.8 Å². The van der Waals surface area contributed by atoms with Crippen LogP contribution in [0.3, 0.4) is 0 Å². The minimum absolute atomic E-state index is 0.113. The Kier molecular flexibility index (Phi) is 4.91. The van der Waals surface area contributed by atoms with Gasteiger partial charge < -0.3 is 14.7 Å². The summed E-state index contributed by atoms with van der Waals surface area (Å²) in [6.45, 7) is 5.37. The summed E-state index contributed by atoms with van der Waals surface area (Å²) in [6.07, 6.45) is 7.72. The molecule has 4 aliphatic carbocycles. The van der Waals surface area contributed by atoms with Gasteiger partial charge >= 0.3 is 0 Å². The molecule has 0 aromatic heterocycles. The monoisotopic (exact) mass is 370 g/mol. The molecule has 148 valence electrons. The van der Waals surface area contributed by atoms with Gasteiger partial charge in [0.15, 0.2) is 0 Å². The summed E-state index contributed by atoms with van der Waals surface area (Å²) in [7, 11) is 0. The van der Waals surface area contributed by atoms with Gasteiger partial charge in [-0.25, -0.2) is 0 Å². The first-order valence-corrected chi connectivity index (χ1v) is 11.0. The molecule has 1 heterocycles. The fourth-order valence-corrected chi connectivity index (χ4v) is 6.66. The van der Waals surface area contributed by atoms with Crippen molar-refractivity contribution in [3.63, 3.8) is 0 Å². The first-order chi connectivity index (χ1) is 13.2. The Morgan fingerprint density at radius 2 is 1.52 bits per heavy atom. The average molecular weight is 371 g/mol. The third kappa shape index (κ3) is 3.90. The van der Waals surface area contributed by atoms with Gasteiger partial charge in [-0.3, -0.25) is 4.90 Å². The molecule has 4 heteroatoms. The van der Waals surface area contributed by atoms with Gasteiger partial charge in [0.25, 0.3) is 0 Å². The summed E-state index contributed by atoms with van der Waals surface area (Å²) in [5.41, 5.74) is 1.42. The first kappa shape index (κ1) is 18.0. The summed E-state index contributed by atoms with van der Waals surface area (Å²) in [4.78, 5) is 4.84. The van der Waals surface area contributed by atoms with E-state index in [-0.39, 0.29) is 11.7 Å². The fourth-order valence-electron chi connectivity index (χ4n) is 6.66. The fraction of sp³-hybridized carbons (Fsp3) is 0.739. The molecule has 0 unspecified atom stereocenters. The summed E-state index contributed by atoms with van der Waals surface area (Å²) in [5.74, 6) is 2.71. The summed E-state index contributed by atoms with van der Waals surface area (Å²) >= 11 is 0. The molecular weight excluding hydrogens is 336 g/mol. The lowest BCUT2D eigenvalue weighted by molar-refractivity contribution is -0.176. The number of para-hydroxylation sites is 1. The van der Waals surface area contributed by atoms with Crippen LogP contribution in [0.2, 0.25) is 0 Å². The highest BCUT2D eigenvalue weighted by molar-refractivity contribution is 5.46. The number of hydrogen-bond acceptors (Lipinski definition) is 4. The van der Waals surface area contributed by atoms with Crippen LogP contribution in [-0.2, 0) is 4.74 Å². The van der Waals surface area contributed by atoms with Gasteiger partial charge in [-0.05, 0) is 68.4 Å². The Hall–Kier alpha value is -1.10. The van der Waals surface area contributed by atoms with Gasteiger partial charge in [0.1, 0.15) is 0 Å². The second kappa shape index (κ2) is 7.38. The molecule has 1 aliphatic heterocycles. The quantitative estimate of drug-likeness (QED) is 0.834. The topological polar surface area (TPSA) is 35.9 Å². The molecule has 27 heavy (non-hydrogen) atoms. The van der Waals surface area contributed by atoms with E-state index in [1.165, 1.54) is 44.2 Å². The van der Waals surface area contributed by atoms with E-state index in [2.05, 4.69) is 40.1 Å². The van der Waals surface area contributed by atoms with E-state index in [4.69, 9.17) is 4.74 Å². The van der Waals surface area contributed by atoms with Gasteiger partial charge in [-0.15, -0.1) is 0 Å². The molecule has 4 bridgehead atoms. The van der Waals surface area contributed by atoms with Crippen LogP contribution in [-0.4, -0.2) is 61.0 Å². The molecule has 0 amide bonds. The molecule has 0 radical (unpaired) electrons. The maximum atomic E-state index is 10.6. The Balaban J connectivity index is 1.08. The Morgan fingerprint density at radius 3 is 2.11 bits per heavy atom. The van der Waals surface area contributed by atoms with E-state index in [1.54, 1.807) is 0 Å². The van der Waals surface area contributed by atoms with E-state index in [9.17, 15) is 5.11 Å².